The smallest absolute Gasteiger partial charge is 0.322 e. The zero-order valence-corrected chi connectivity index (χ0v) is 15.1. The lowest BCUT2D eigenvalue weighted by molar-refractivity contribution is -0.139. The van der Waals surface area contributed by atoms with Gasteiger partial charge in [0.15, 0.2) is 0 Å². The SMILES string of the molecule is CCC(C)C(NC(=O)C(CO)NC(=O)C(N)C(C)O)C(=O)NCC(=O)O. The molecule has 26 heavy (non-hydrogen) atoms. The number of nitrogens with one attached hydrogen (secondary N) is 3. The predicted molar refractivity (Wildman–Crippen MR) is 90.7 cm³/mol. The van der Waals surface area contributed by atoms with Crippen molar-refractivity contribution in [3.05, 3.63) is 0 Å². The minimum absolute atomic E-state index is 0.331. The molecule has 150 valence electrons. The summed E-state index contributed by atoms with van der Waals surface area (Å²) in [6.45, 7) is 3.39. The van der Waals surface area contributed by atoms with Crippen molar-refractivity contribution < 1.29 is 34.5 Å². The van der Waals surface area contributed by atoms with Crippen LogP contribution in [-0.4, -0.2) is 76.4 Å². The van der Waals surface area contributed by atoms with Crippen molar-refractivity contribution in [3.8, 4) is 0 Å². The first-order valence-electron chi connectivity index (χ1n) is 8.19. The third-order valence-electron chi connectivity index (χ3n) is 3.85. The Kier molecular flexibility index (Phi) is 10.4. The normalized spacial score (nSPS) is 16.5. The van der Waals surface area contributed by atoms with E-state index in [1.807, 2.05) is 0 Å². The maximum absolute atomic E-state index is 12.3. The van der Waals surface area contributed by atoms with E-state index in [-0.39, 0.29) is 5.92 Å². The second-order valence-corrected chi connectivity index (χ2v) is 5.99. The largest absolute Gasteiger partial charge is 0.480 e. The average Bonchev–Trinajstić information content (AvgIpc) is 2.59. The standard InChI is InChI=1S/C15H28N4O7/c1-4-7(2)12(15(26)17-5-10(22)23)19-13(24)9(6-20)18-14(25)11(16)8(3)21/h7-9,11-12,20-21H,4-6,16H2,1-3H3,(H,17,26)(H,18,25)(H,19,24)(H,22,23). The first-order valence-corrected chi connectivity index (χ1v) is 8.19. The van der Waals surface area contributed by atoms with Gasteiger partial charge in [0.05, 0.1) is 12.7 Å². The molecule has 0 fully saturated rings. The Morgan fingerprint density at radius 3 is 2.04 bits per heavy atom. The zero-order chi connectivity index (χ0) is 20.4. The lowest BCUT2D eigenvalue weighted by atomic mass is 9.98. The number of nitrogens with two attached hydrogens (primary N) is 1. The summed E-state index contributed by atoms with van der Waals surface area (Å²) in [6.07, 6.45) is -0.652. The number of carbonyl (C=O) groups is 4. The number of hydrogen-bond acceptors (Lipinski definition) is 7. The van der Waals surface area contributed by atoms with Crippen molar-refractivity contribution >= 4 is 23.7 Å². The fraction of sp³-hybridized carbons (Fsp3) is 0.733. The van der Waals surface area contributed by atoms with Crippen LogP contribution >= 0.6 is 0 Å². The van der Waals surface area contributed by atoms with Crippen LogP contribution in [0, 0.1) is 5.92 Å². The number of aliphatic hydroxyl groups is 2. The molecule has 0 bridgehead atoms. The maximum Gasteiger partial charge on any atom is 0.322 e. The summed E-state index contributed by atoms with van der Waals surface area (Å²) in [5.74, 6) is -3.94. The van der Waals surface area contributed by atoms with Gasteiger partial charge in [-0.25, -0.2) is 0 Å². The number of rotatable bonds is 11. The molecule has 0 aliphatic heterocycles. The molecule has 3 amide bonds. The molecular weight excluding hydrogens is 348 g/mol. The van der Waals surface area contributed by atoms with E-state index in [1.54, 1.807) is 13.8 Å². The highest BCUT2D eigenvalue weighted by molar-refractivity contribution is 5.93. The van der Waals surface area contributed by atoms with Gasteiger partial charge in [-0.2, -0.15) is 0 Å². The van der Waals surface area contributed by atoms with E-state index in [4.69, 9.17) is 10.8 Å². The number of aliphatic carboxylic acids is 1. The highest BCUT2D eigenvalue weighted by atomic mass is 16.4. The number of carboxylic acids is 1. The molecule has 0 heterocycles. The summed E-state index contributed by atoms with van der Waals surface area (Å²) in [7, 11) is 0. The van der Waals surface area contributed by atoms with E-state index in [9.17, 15) is 29.4 Å². The van der Waals surface area contributed by atoms with Crippen LogP contribution in [0.1, 0.15) is 27.2 Å². The third kappa shape index (κ3) is 7.76. The van der Waals surface area contributed by atoms with Crippen molar-refractivity contribution in [1.29, 1.82) is 0 Å². The molecule has 0 rings (SSSR count). The summed E-state index contributed by atoms with van der Waals surface area (Å²) in [4.78, 5) is 46.8. The van der Waals surface area contributed by atoms with Gasteiger partial charge in [-0.1, -0.05) is 20.3 Å². The topological polar surface area (TPSA) is 191 Å². The van der Waals surface area contributed by atoms with Gasteiger partial charge in [0.1, 0.15) is 24.7 Å². The van der Waals surface area contributed by atoms with E-state index in [2.05, 4.69) is 16.0 Å². The molecular formula is C15H28N4O7. The zero-order valence-electron chi connectivity index (χ0n) is 15.1. The number of aliphatic hydroxyl groups excluding tert-OH is 2. The minimum Gasteiger partial charge on any atom is -0.480 e. The van der Waals surface area contributed by atoms with Gasteiger partial charge in [-0.3, -0.25) is 19.2 Å². The molecule has 11 heteroatoms. The van der Waals surface area contributed by atoms with Crippen molar-refractivity contribution in [2.75, 3.05) is 13.2 Å². The Morgan fingerprint density at radius 1 is 1.04 bits per heavy atom. The quantitative estimate of drug-likeness (QED) is 0.197. The van der Waals surface area contributed by atoms with Crippen molar-refractivity contribution in [1.82, 2.24) is 16.0 Å². The van der Waals surface area contributed by atoms with E-state index < -0.39 is 61.1 Å². The van der Waals surface area contributed by atoms with Crippen molar-refractivity contribution in [3.63, 3.8) is 0 Å². The first-order chi connectivity index (χ1) is 12.0. The summed E-state index contributed by atoms with van der Waals surface area (Å²) in [5, 5.41) is 34.0. The molecule has 5 unspecified atom stereocenters. The number of amides is 3. The van der Waals surface area contributed by atoms with Crippen LogP contribution in [-0.2, 0) is 19.2 Å². The maximum atomic E-state index is 12.3. The Balaban J connectivity index is 5.05. The highest BCUT2D eigenvalue weighted by Gasteiger charge is 2.31. The predicted octanol–water partition coefficient (Wildman–Crippen LogP) is -3.10. The molecule has 0 aliphatic carbocycles. The first kappa shape index (κ1) is 23.8. The number of carboxylic acid groups (broad SMARTS) is 1. The average molecular weight is 376 g/mol. The van der Waals surface area contributed by atoms with Crippen LogP contribution in [0.3, 0.4) is 0 Å². The van der Waals surface area contributed by atoms with E-state index in [1.165, 1.54) is 6.92 Å². The molecule has 0 saturated carbocycles. The Morgan fingerprint density at radius 2 is 1.62 bits per heavy atom. The van der Waals surface area contributed by atoms with Crippen LogP contribution in [0.25, 0.3) is 0 Å². The second kappa shape index (κ2) is 11.4. The number of carbonyl (C=O) groups excluding carboxylic acids is 3. The Hall–Kier alpha value is -2.24. The number of hydrogen-bond donors (Lipinski definition) is 7. The minimum atomic E-state index is -1.38. The van der Waals surface area contributed by atoms with Gasteiger partial charge >= 0.3 is 5.97 Å². The highest BCUT2D eigenvalue weighted by Crippen LogP contribution is 2.08. The van der Waals surface area contributed by atoms with E-state index >= 15 is 0 Å². The molecule has 0 spiro atoms. The fourth-order valence-corrected chi connectivity index (χ4v) is 1.91. The van der Waals surface area contributed by atoms with Gasteiger partial charge in [0, 0.05) is 0 Å². The van der Waals surface area contributed by atoms with Crippen LogP contribution < -0.4 is 21.7 Å². The van der Waals surface area contributed by atoms with E-state index in [0.717, 1.165) is 0 Å². The molecule has 11 nitrogen and oxygen atoms in total. The van der Waals surface area contributed by atoms with Gasteiger partial charge in [-0.15, -0.1) is 0 Å². The lowest BCUT2D eigenvalue weighted by Gasteiger charge is -2.26. The molecule has 0 aromatic carbocycles. The fourth-order valence-electron chi connectivity index (χ4n) is 1.91. The van der Waals surface area contributed by atoms with Crippen LogP contribution in [0.15, 0.2) is 0 Å². The molecule has 8 N–H and O–H groups in total. The molecule has 0 aliphatic rings. The Labute approximate surface area is 151 Å². The summed E-state index contributed by atoms with van der Waals surface area (Å²) in [6, 6.07) is -3.73. The van der Waals surface area contributed by atoms with Crippen molar-refractivity contribution in [2.24, 2.45) is 11.7 Å². The Bertz CT molecular complexity index is 512. The second-order valence-electron chi connectivity index (χ2n) is 5.99. The van der Waals surface area contributed by atoms with Gasteiger partial charge in [-0.05, 0) is 12.8 Å². The molecule has 0 saturated heterocycles. The molecule has 0 radical (unpaired) electrons. The van der Waals surface area contributed by atoms with Gasteiger partial charge in [0.2, 0.25) is 17.7 Å². The van der Waals surface area contributed by atoms with Crippen LogP contribution in [0.2, 0.25) is 0 Å². The van der Waals surface area contributed by atoms with Gasteiger partial charge < -0.3 is 37.0 Å². The third-order valence-corrected chi connectivity index (χ3v) is 3.85. The molecule has 0 aromatic heterocycles. The molecule has 0 aromatic rings. The monoisotopic (exact) mass is 376 g/mol. The van der Waals surface area contributed by atoms with Gasteiger partial charge in [0.25, 0.3) is 0 Å². The summed E-state index contributed by atoms with van der Waals surface area (Å²) < 4.78 is 0. The summed E-state index contributed by atoms with van der Waals surface area (Å²) >= 11 is 0. The van der Waals surface area contributed by atoms with E-state index in [0.29, 0.717) is 6.42 Å². The lowest BCUT2D eigenvalue weighted by Crippen LogP contribution is -2.59. The molecule has 5 atom stereocenters. The van der Waals surface area contributed by atoms with Crippen LogP contribution in [0.5, 0.6) is 0 Å². The van der Waals surface area contributed by atoms with Crippen molar-refractivity contribution in [2.45, 2.75) is 51.4 Å². The van der Waals surface area contributed by atoms with Crippen LogP contribution in [0.4, 0.5) is 0 Å². The summed E-state index contributed by atoms with van der Waals surface area (Å²) in [5.41, 5.74) is 5.46.